The minimum atomic E-state index is -2.74. The molecule has 3 aromatic rings. The third-order valence-electron chi connectivity index (χ3n) is 6.30. The zero-order valence-electron chi connectivity index (χ0n) is 21.9. The summed E-state index contributed by atoms with van der Waals surface area (Å²) in [6.07, 6.45) is 0.792. The van der Waals surface area contributed by atoms with Crippen LogP contribution >= 0.6 is 0 Å². The molecule has 4 rings (SSSR count). The van der Waals surface area contributed by atoms with Crippen LogP contribution in [-0.2, 0) is 27.3 Å². The molecule has 0 fully saturated rings. The number of carbonyl (C=O) groups is 3. The smallest absolute Gasteiger partial charge is 0.336 e. The molecule has 0 radical (unpaired) electrons. The van der Waals surface area contributed by atoms with Gasteiger partial charge < -0.3 is 39.4 Å². The Kier molecular flexibility index (Phi) is 8.81. The predicted octanol–water partition coefficient (Wildman–Crippen LogP) is 2.14. The fourth-order valence-corrected chi connectivity index (χ4v) is 4.42. The highest BCUT2D eigenvalue weighted by atomic mass is 16.5. The number of aryl methyl sites for hydroxylation is 2. The Balaban J connectivity index is 0.000000276. The summed E-state index contributed by atoms with van der Waals surface area (Å²) in [6.45, 7) is 0.897. The Bertz CT molecular complexity index is 1400. The molecule has 208 valence electrons. The average Bonchev–Trinajstić information content (AvgIpc) is 2.89. The van der Waals surface area contributed by atoms with Crippen molar-refractivity contribution in [3.05, 3.63) is 42.1 Å². The molecule has 12 nitrogen and oxygen atoms in total. The van der Waals surface area contributed by atoms with E-state index in [1.165, 1.54) is 11.1 Å². The first-order valence-corrected chi connectivity index (χ1v) is 11.7. The summed E-state index contributed by atoms with van der Waals surface area (Å²) in [7, 11) is 6.67. The molecule has 2 heterocycles. The second-order valence-corrected chi connectivity index (χ2v) is 8.75. The van der Waals surface area contributed by atoms with Crippen molar-refractivity contribution in [3.8, 4) is 34.3 Å². The molecule has 0 amide bonds. The summed E-state index contributed by atoms with van der Waals surface area (Å²) in [4.78, 5) is 30.5. The Morgan fingerprint density at radius 3 is 1.95 bits per heavy atom. The van der Waals surface area contributed by atoms with Crippen LogP contribution in [-0.4, -0.2) is 72.4 Å². The number of aliphatic hydroxyl groups is 1. The van der Waals surface area contributed by atoms with Crippen molar-refractivity contribution in [2.45, 2.75) is 31.4 Å². The Morgan fingerprint density at radius 2 is 1.44 bits per heavy atom. The first kappa shape index (κ1) is 29.0. The van der Waals surface area contributed by atoms with E-state index in [9.17, 15) is 14.4 Å². The van der Waals surface area contributed by atoms with Crippen LogP contribution in [0.3, 0.4) is 0 Å². The van der Waals surface area contributed by atoms with Gasteiger partial charge in [0.15, 0.2) is 41.3 Å². The molecule has 1 aliphatic rings. The van der Waals surface area contributed by atoms with Crippen molar-refractivity contribution in [2.75, 3.05) is 28.4 Å². The van der Waals surface area contributed by atoms with Crippen LogP contribution in [0.5, 0.6) is 23.0 Å². The number of methoxy groups -OCH3 is 4. The van der Waals surface area contributed by atoms with Gasteiger partial charge in [0.25, 0.3) is 0 Å². The molecule has 1 aromatic heterocycles. The lowest BCUT2D eigenvalue weighted by molar-refractivity contribution is -0.686. The lowest BCUT2D eigenvalue weighted by Crippen LogP contribution is -2.42. The number of carboxylic acid groups (broad SMARTS) is 3. The van der Waals surface area contributed by atoms with Crippen molar-refractivity contribution in [1.82, 2.24) is 0 Å². The van der Waals surface area contributed by atoms with Crippen molar-refractivity contribution in [2.24, 2.45) is 0 Å². The fraction of sp³-hybridized carbons (Fsp3) is 0.333. The Hall–Kier alpha value is -4.58. The SMILES string of the molecule is COc1cc2c(cc1OC)-c1cc3ccc(OC)c(OC)c3c[n+]1CC2.O=C(O)CC(O)(CC(=O)O)C(=O)O. The summed E-state index contributed by atoms with van der Waals surface area (Å²) >= 11 is 0. The summed E-state index contributed by atoms with van der Waals surface area (Å²) in [5, 5.41) is 36.0. The van der Waals surface area contributed by atoms with Gasteiger partial charge in [-0.25, -0.2) is 4.79 Å². The zero-order valence-corrected chi connectivity index (χ0v) is 21.9. The molecule has 4 N–H and O–H groups in total. The molecule has 1 aliphatic heterocycles. The van der Waals surface area contributed by atoms with E-state index in [1.54, 1.807) is 28.4 Å². The van der Waals surface area contributed by atoms with E-state index < -0.39 is 36.4 Å². The van der Waals surface area contributed by atoms with Crippen molar-refractivity contribution >= 4 is 28.7 Å². The Labute approximate surface area is 223 Å². The van der Waals surface area contributed by atoms with Crippen LogP contribution in [0.4, 0.5) is 0 Å². The molecule has 12 heteroatoms. The number of carboxylic acids is 3. The maximum absolute atomic E-state index is 10.3. The summed E-state index contributed by atoms with van der Waals surface area (Å²) in [5.74, 6) is -2.00. The number of hydrogen-bond acceptors (Lipinski definition) is 8. The number of hydrogen-bond donors (Lipinski definition) is 4. The zero-order chi connectivity index (χ0) is 28.9. The number of benzene rings is 2. The molecule has 0 saturated heterocycles. The number of ether oxygens (including phenoxy) is 4. The Morgan fingerprint density at radius 1 is 0.846 bits per heavy atom. The molecule has 0 aliphatic carbocycles. The highest BCUT2D eigenvalue weighted by Gasteiger charge is 2.40. The minimum Gasteiger partial charge on any atom is -0.493 e. The third kappa shape index (κ3) is 6.12. The minimum absolute atomic E-state index is 0.739. The predicted molar refractivity (Wildman–Crippen MR) is 137 cm³/mol. The van der Waals surface area contributed by atoms with Gasteiger partial charge in [-0.2, -0.15) is 4.57 Å². The first-order valence-electron chi connectivity index (χ1n) is 11.7. The van der Waals surface area contributed by atoms with E-state index in [1.807, 2.05) is 6.07 Å². The normalized spacial score (nSPS) is 11.8. The van der Waals surface area contributed by atoms with Gasteiger partial charge in [0.2, 0.25) is 5.69 Å². The maximum Gasteiger partial charge on any atom is 0.336 e. The first-order chi connectivity index (χ1) is 18.5. The van der Waals surface area contributed by atoms with Crippen molar-refractivity contribution in [1.29, 1.82) is 0 Å². The second-order valence-electron chi connectivity index (χ2n) is 8.75. The number of nitrogens with zero attached hydrogens (tertiary/aromatic N) is 1. The lowest BCUT2D eigenvalue weighted by atomic mass is 9.95. The summed E-state index contributed by atoms with van der Waals surface area (Å²) in [5.41, 5.74) is 0.859. The molecular weight excluding hydrogens is 514 g/mol. The average molecular weight is 545 g/mol. The van der Waals surface area contributed by atoms with Gasteiger partial charge in [-0.1, -0.05) is 0 Å². The number of aromatic nitrogens is 1. The lowest BCUT2D eigenvalue weighted by Gasteiger charge is -2.19. The second kappa shape index (κ2) is 11.9. The van der Waals surface area contributed by atoms with E-state index in [2.05, 4.69) is 35.0 Å². The van der Waals surface area contributed by atoms with Gasteiger partial charge >= 0.3 is 17.9 Å². The van der Waals surface area contributed by atoms with Gasteiger partial charge in [-0.15, -0.1) is 0 Å². The van der Waals surface area contributed by atoms with E-state index in [0.717, 1.165) is 52.4 Å². The van der Waals surface area contributed by atoms with Gasteiger partial charge in [-0.3, -0.25) is 9.59 Å². The quantitative estimate of drug-likeness (QED) is 0.291. The number of rotatable bonds is 9. The number of aliphatic carboxylic acids is 3. The molecule has 0 atom stereocenters. The maximum atomic E-state index is 10.3. The third-order valence-corrected chi connectivity index (χ3v) is 6.30. The van der Waals surface area contributed by atoms with Crippen molar-refractivity contribution in [3.63, 3.8) is 0 Å². The van der Waals surface area contributed by atoms with Gasteiger partial charge in [0, 0.05) is 12.5 Å². The molecule has 0 bridgehead atoms. The van der Waals surface area contributed by atoms with Gasteiger partial charge in [-0.05, 0) is 35.2 Å². The van der Waals surface area contributed by atoms with Crippen LogP contribution in [0.1, 0.15) is 18.4 Å². The van der Waals surface area contributed by atoms with E-state index in [0.29, 0.717) is 0 Å². The van der Waals surface area contributed by atoms with Crippen LogP contribution in [0.2, 0.25) is 0 Å². The molecule has 0 saturated carbocycles. The summed E-state index contributed by atoms with van der Waals surface area (Å²) in [6, 6.07) is 10.3. The molecular formula is C27H30NO11+. The van der Waals surface area contributed by atoms with Gasteiger partial charge in [0.05, 0.1) is 52.2 Å². The van der Waals surface area contributed by atoms with Crippen LogP contribution in [0.25, 0.3) is 22.0 Å². The van der Waals surface area contributed by atoms with Crippen LogP contribution in [0, 0.1) is 0 Å². The highest BCUT2D eigenvalue weighted by Crippen LogP contribution is 2.40. The number of fused-ring (bicyclic) bond motifs is 4. The fourth-order valence-electron chi connectivity index (χ4n) is 4.42. The van der Waals surface area contributed by atoms with E-state index in [-0.39, 0.29) is 0 Å². The van der Waals surface area contributed by atoms with Crippen LogP contribution in [0.15, 0.2) is 36.5 Å². The van der Waals surface area contributed by atoms with Gasteiger partial charge in [0.1, 0.15) is 0 Å². The monoisotopic (exact) mass is 544 g/mol. The molecule has 0 spiro atoms. The van der Waals surface area contributed by atoms with Crippen LogP contribution < -0.4 is 23.5 Å². The molecule has 39 heavy (non-hydrogen) atoms. The molecule has 0 unspecified atom stereocenters. The summed E-state index contributed by atoms with van der Waals surface area (Å²) < 4.78 is 24.3. The topological polar surface area (TPSA) is 173 Å². The number of pyridine rings is 1. The largest absolute Gasteiger partial charge is 0.493 e. The van der Waals surface area contributed by atoms with E-state index in [4.69, 9.17) is 39.4 Å². The van der Waals surface area contributed by atoms with Crippen molar-refractivity contribution < 1.29 is 58.3 Å². The van der Waals surface area contributed by atoms with E-state index >= 15 is 0 Å². The molecule has 2 aromatic carbocycles. The highest BCUT2D eigenvalue weighted by molar-refractivity contribution is 5.92. The standard InChI is InChI=1S/C21H22NO4.C6H8O7/c1-23-18-6-5-13-9-17-15-11-20(25-3)19(24-2)10-14(15)7-8-22(17)12-16(13)21(18)26-4;7-3(8)1-6(13,5(11)12)2-4(9)10/h5-6,9-12H,7-8H2,1-4H3;13H,1-2H2,(H,7,8)(H,9,10)(H,11,12)/q+1;.